The molecule has 0 fully saturated rings. The maximum atomic E-state index is 11.8. The molecule has 5 nitrogen and oxygen atoms in total. The van der Waals surface area contributed by atoms with Crippen LogP contribution in [-0.4, -0.2) is 28.2 Å². The largest absolute Gasteiger partial charge is 0.398 e. The summed E-state index contributed by atoms with van der Waals surface area (Å²) in [6.07, 6.45) is 0. The molecule has 96 valence electrons. The molecule has 1 atom stereocenters. The van der Waals surface area contributed by atoms with Crippen molar-refractivity contribution in [3.05, 3.63) is 29.8 Å². The minimum atomic E-state index is -3.39. The van der Waals surface area contributed by atoms with Crippen molar-refractivity contribution in [2.75, 3.05) is 19.5 Å². The van der Waals surface area contributed by atoms with Gasteiger partial charge in [0.1, 0.15) is 0 Å². The number of methoxy groups -OCH3 is 1. The summed E-state index contributed by atoms with van der Waals surface area (Å²) in [4.78, 5) is 0. The van der Waals surface area contributed by atoms with Gasteiger partial charge in [0.05, 0.1) is 12.4 Å². The maximum Gasteiger partial charge on any atom is 0.216 e. The van der Waals surface area contributed by atoms with Gasteiger partial charge in [0, 0.05) is 18.8 Å². The number of nitrogen functional groups attached to an aromatic ring is 1. The van der Waals surface area contributed by atoms with E-state index in [-0.39, 0.29) is 11.8 Å². The van der Waals surface area contributed by atoms with E-state index >= 15 is 0 Å². The van der Waals surface area contributed by atoms with E-state index in [2.05, 4.69) is 4.72 Å². The van der Waals surface area contributed by atoms with Crippen LogP contribution in [0, 0.1) is 0 Å². The molecule has 3 N–H and O–H groups in total. The van der Waals surface area contributed by atoms with Crippen LogP contribution in [0.1, 0.15) is 12.5 Å². The maximum absolute atomic E-state index is 11.8. The Morgan fingerprint density at radius 2 is 2.06 bits per heavy atom. The van der Waals surface area contributed by atoms with Gasteiger partial charge < -0.3 is 10.5 Å². The summed E-state index contributed by atoms with van der Waals surface area (Å²) in [5, 5.41) is 0. The van der Waals surface area contributed by atoms with Crippen molar-refractivity contribution < 1.29 is 13.2 Å². The molecule has 0 aromatic heterocycles. The van der Waals surface area contributed by atoms with Crippen LogP contribution >= 0.6 is 0 Å². The third-order valence-electron chi connectivity index (χ3n) is 2.20. The van der Waals surface area contributed by atoms with Crippen LogP contribution in [0.2, 0.25) is 0 Å². The summed E-state index contributed by atoms with van der Waals surface area (Å²) < 4.78 is 31.0. The second-order valence-electron chi connectivity index (χ2n) is 3.93. The van der Waals surface area contributed by atoms with Crippen LogP contribution in [0.4, 0.5) is 5.69 Å². The third kappa shape index (κ3) is 4.72. The lowest BCUT2D eigenvalue weighted by Gasteiger charge is -2.13. The first-order valence-corrected chi connectivity index (χ1v) is 6.92. The van der Waals surface area contributed by atoms with E-state index in [1.807, 2.05) is 0 Å². The summed E-state index contributed by atoms with van der Waals surface area (Å²) in [6.45, 7) is 2.08. The number of hydrogen-bond acceptors (Lipinski definition) is 4. The van der Waals surface area contributed by atoms with E-state index < -0.39 is 10.0 Å². The Labute approximate surface area is 102 Å². The van der Waals surface area contributed by atoms with E-state index in [0.29, 0.717) is 17.9 Å². The normalized spacial score (nSPS) is 13.5. The average molecular weight is 258 g/mol. The highest BCUT2D eigenvalue weighted by Crippen LogP contribution is 2.13. The summed E-state index contributed by atoms with van der Waals surface area (Å²) in [7, 11) is -1.86. The van der Waals surface area contributed by atoms with Gasteiger partial charge in [-0.2, -0.15) is 0 Å². The van der Waals surface area contributed by atoms with Crippen LogP contribution in [0.25, 0.3) is 0 Å². The van der Waals surface area contributed by atoms with E-state index in [9.17, 15) is 8.42 Å². The Balaban J connectivity index is 2.70. The fourth-order valence-electron chi connectivity index (χ4n) is 1.50. The molecule has 1 aromatic rings. The Bertz CT molecular complexity index is 460. The molecule has 0 amide bonds. The molecule has 1 aromatic carbocycles. The van der Waals surface area contributed by atoms with Crippen molar-refractivity contribution in [1.29, 1.82) is 0 Å². The first-order chi connectivity index (χ1) is 7.94. The number of anilines is 1. The summed E-state index contributed by atoms with van der Waals surface area (Å²) >= 11 is 0. The van der Waals surface area contributed by atoms with Crippen LogP contribution < -0.4 is 10.5 Å². The molecule has 0 aliphatic rings. The number of nitrogens with one attached hydrogen (secondary N) is 1. The summed E-state index contributed by atoms with van der Waals surface area (Å²) in [5.74, 6) is -0.117. The van der Waals surface area contributed by atoms with Crippen molar-refractivity contribution >= 4 is 15.7 Å². The smallest absolute Gasteiger partial charge is 0.216 e. The lowest BCUT2D eigenvalue weighted by molar-refractivity contribution is 0.180. The molecule has 0 radical (unpaired) electrons. The molecule has 0 bridgehead atoms. The number of rotatable bonds is 6. The molecule has 1 rings (SSSR count). The topological polar surface area (TPSA) is 81.4 Å². The minimum Gasteiger partial charge on any atom is -0.398 e. The van der Waals surface area contributed by atoms with Crippen molar-refractivity contribution in [2.24, 2.45) is 0 Å². The highest BCUT2D eigenvalue weighted by molar-refractivity contribution is 7.88. The average Bonchev–Trinajstić information content (AvgIpc) is 2.20. The van der Waals surface area contributed by atoms with E-state index in [1.54, 1.807) is 31.2 Å². The fourth-order valence-corrected chi connectivity index (χ4v) is 2.94. The molecule has 0 aliphatic carbocycles. The van der Waals surface area contributed by atoms with Crippen molar-refractivity contribution in [1.82, 2.24) is 4.72 Å². The van der Waals surface area contributed by atoms with Crippen molar-refractivity contribution in [3.8, 4) is 0 Å². The highest BCUT2D eigenvalue weighted by atomic mass is 32.2. The second-order valence-corrected chi connectivity index (χ2v) is 5.69. The SMILES string of the molecule is COCC(C)NS(=O)(=O)Cc1ccccc1N. The number of hydrogen-bond donors (Lipinski definition) is 2. The lowest BCUT2D eigenvalue weighted by atomic mass is 10.2. The van der Waals surface area contributed by atoms with Gasteiger partial charge in [-0.05, 0) is 18.6 Å². The van der Waals surface area contributed by atoms with Gasteiger partial charge in [0.15, 0.2) is 0 Å². The number of nitrogens with two attached hydrogens (primary N) is 1. The van der Waals surface area contributed by atoms with E-state index in [0.717, 1.165) is 0 Å². The molecule has 0 saturated carbocycles. The Kier molecular flexibility index (Phi) is 4.92. The Hall–Kier alpha value is -1.11. The number of para-hydroxylation sites is 1. The van der Waals surface area contributed by atoms with Crippen molar-refractivity contribution in [2.45, 2.75) is 18.7 Å². The van der Waals surface area contributed by atoms with E-state index in [4.69, 9.17) is 10.5 Å². The van der Waals surface area contributed by atoms with Crippen LogP contribution in [0.15, 0.2) is 24.3 Å². The van der Waals surface area contributed by atoms with Gasteiger partial charge in [-0.1, -0.05) is 18.2 Å². The van der Waals surface area contributed by atoms with Gasteiger partial charge in [0.2, 0.25) is 10.0 Å². The van der Waals surface area contributed by atoms with Crippen LogP contribution in [-0.2, 0) is 20.5 Å². The molecule has 1 unspecified atom stereocenters. The first-order valence-electron chi connectivity index (χ1n) is 5.27. The molecular formula is C11H18N2O3S. The zero-order valence-electron chi connectivity index (χ0n) is 10.0. The van der Waals surface area contributed by atoms with Crippen molar-refractivity contribution in [3.63, 3.8) is 0 Å². The molecular weight excluding hydrogens is 240 g/mol. The number of sulfonamides is 1. The number of benzene rings is 1. The second kappa shape index (κ2) is 6.00. The van der Waals surface area contributed by atoms with Gasteiger partial charge in [0.25, 0.3) is 0 Å². The number of ether oxygens (including phenoxy) is 1. The highest BCUT2D eigenvalue weighted by Gasteiger charge is 2.16. The Morgan fingerprint density at radius 1 is 1.41 bits per heavy atom. The molecule has 0 saturated heterocycles. The molecule has 0 heterocycles. The Morgan fingerprint density at radius 3 is 2.65 bits per heavy atom. The van der Waals surface area contributed by atoms with Gasteiger partial charge in [-0.25, -0.2) is 13.1 Å². The van der Waals surface area contributed by atoms with Gasteiger partial charge in [-0.15, -0.1) is 0 Å². The predicted molar refractivity (Wildman–Crippen MR) is 68.0 cm³/mol. The molecule has 6 heteroatoms. The van der Waals surface area contributed by atoms with Gasteiger partial charge in [-0.3, -0.25) is 0 Å². The third-order valence-corrected chi connectivity index (χ3v) is 3.65. The minimum absolute atomic E-state index is 0.117. The fraction of sp³-hybridized carbons (Fsp3) is 0.455. The summed E-state index contributed by atoms with van der Waals surface area (Å²) in [5.41, 5.74) is 6.79. The first kappa shape index (κ1) is 14.0. The lowest BCUT2D eigenvalue weighted by Crippen LogP contribution is -2.36. The monoisotopic (exact) mass is 258 g/mol. The molecule has 0 spiro atoms. The molecule has 17 heavy (non-hydrogen) atoms. The quantitative estimate of drug-likeness (QED) is 0.737. The standard InChI is InChI=1S/C11H18N2O3S/c1-9(7-16-2)13-17(14,15)8-10-5-3-4-6-11(10)12/h3-6,9,13H,7-8,12H2,1-2H3. The van der Waals surface area contributed by atoms with E-state index in [1.165, 1.54) is 7.11 Å². The zero-order chi connectivity index (χ0) is 12.9. The van der Waals surface area contributed by atoms with Crippen LogP contribution in [0.3, 0.4) is 0 Å². The predicted octanol–water partition coefficient (Wildman–Crippen LogP) is 0.723. The molecule has 0 aliphatic heterocycles. The van der Waals surface area contributed by atoms with Crippen LogP contribution in [0.5, 0.6) is 0 Å². The van der Waals surface area contributed by atoms with Gasteiger partial charge >= 0.3 is 0 Å². The zero-order valence-corrected chi connectivity index (χ0v) is 10.8. The summed E-state index contributed by atoms with van der Waals surface area (Å²) in [6, 6.07) is 6.67.